The van der Waals surface area contributed by atoms with Gasteiger partial charge >= 0.3 is 0 Å². The highest BCUT2D eigenvalue weighted by molar-refractivity contribution is 6.30. The summed E-state index contributed by atoms with van der Waals surface area (Å²) in [5.74, 6) is 0.768. The minimum atomic E-state index is -0.118. The minimum absolute atomic E-state index is 0.118. The number of nitrogens with one attached hydrogen (secondary N) is 1. The van der Waals surface area contributed by atoms with Crippen LogP contribution in [0.1, 0.15) is 17.0 Å². The number of aromatic nitrogens is 2. The van der Waals surface area contributed by atoms with Gasteiger partial charge < -0.3 is 9.84 Å². The topological polar surface area (TPSA) is 68.0 Å². The van der Waals surface area contributed by atoms with Crippen LogP contribution in [-0.2, 0) is 17.8 Å². The molecule has 5 nitrogen and oxygen atoms in total. The molecular weight excluding hydrogens is 326 g/mol. The van der Waals surface area contributed by atoms with Gasteiger partial charge in [0, 0.05) is 10.6 Å². The van der Waals surface area contributed by atoms with Crippen LogP contribution < -0.4 is 5.32 Å². The van der Waals surface area contributed by atoms with Crippen molar-refractivity contribution < 1.29 is 9.32 Å². The molecule has 3 aromatic rings. The van der Waals surface area contributed by atoms with E-state index >= 15 is 0 Å². The molecule has 1 amide bonds. The first-order valence-corrected chi connectivity index (χ1v) is 7.89. The highest BCUT2D eigenvalue weighted by Crippen LogP contribution is 2.17. The van der Waals surface area contributed by atoms with Crippen molar-refractivity contribution in [1.82, 2.24) is 15.5 Å². The maximum absolute atomic E-state index is 12.0. The first-order chi connectivity index (χ1) is 11.6. The summed E-state index contributed by atoms with van der Waals surface area (Å²) in [6.45, 7) is 2.20. The predicted molar refractivity (Wildman–Crippen MR) is 91.5 cm³/mol. The molecule has 0 aliphatic rings. The Balaban J connectivity index is 1.57. The number of carbonyl (C=O) groups is 1. The molecule has 0 unspecified atom stereocenters. The summed E-state index contributed by atoms with van der Waals surface area (Å²) >= 11 is 5.82. The molecule has 0 fully saturated rings. The Kier molecular flexibility index (Phi) is 4.91. The van der Waals surface area contributed by atoms with E-state index in [2.05, 4.69) is 15.5 Å². The number of amides is 1. The Morgan fingerprint density at radius 2 is 2.00 bits per heavy atom. The number of aryl methyl sites for hydroxylation is 1. The van der Waals surface area contributed by atoms with Gasteiger partial charge in [0.2, 0.25) is 17.6 Å². The minimum Gasteiger partial charge on any atom is -0.347 e. The standard InChI is InChI=1S/C18H16ClN3O2/c1-12-3-2-4-14(9-12)18-21-17(24-22-18)11-20-16(23)10-13-5-7-15(19)8-6-13/h2-9H,10-11H2,1H3,(H,20,23). The number of hydrogen-bond donors (Lipinski definition) is 1. The third kappa shape index (κ3) is 4.20. The van der Waals surface area contributed by atoms with Gasteiger partial charge in [0.1, 0.15) is 0 Å². The zero-order valence-corrected chi connectivity index (χ0v) is 13.9. The summed E-state index contributed by atoms with van der Waals surface area (Å²) in [4.78, 5) is 16.3. The number of rotatable bonds is 5. The quantitative estimate of drug-likeness (QED) is 0.770. The lowest BCUT2D eigenvalue weighted by atomic mass is 10.1. The Morgan fingerprint density at radius 3 is 2.75 bits per heavy atom. The van der Waals surface area contributed by atoms with E-state index in [0.717, 1.165) is 16.7 Å². The predicted octanol–water partition coefficient (Wildman–Crippen LogP) is 3.56. The van der Waals surface area contributed by atoms with E-state index in [9.17, 15) is 4.79 Å². The molecule has 0 spiro atoms. The van der Waals surface area contributed by atoms with Gasteiger partial charge in [0.15, 0.2) is 0 Å². The summed E-state index contributed by atoms with van der Waals surface area (Å²) in [5, 5.41) is 7.36. The van der Waals surface area contributed by atoms with Gasteiger partial charge in [-0.15, -0.1) is 0 Å². The highest BCUT2D eigenvalue weighted by atomic mass is 35.5. The largest absolute Gasteiger partial charge is 0.347 e. The number of carbonyl (C=O) groups excluding carboxylic acids is 1. The Bertz CT molecular complexity index is 843. The van der Waals surface area contributed by atoms with Crippen molar-refractivity contribution in [3.8, 4) is 11.4 Å². The molecule has 0 radical (unpaired) electrons. The van der Waals surface area contributed by atoms with Crippen LogP contribution in [0, 0.1) is 6.92 Å². The van der Waals surface area contributed by atoms with Gasteiger partial charge in [-0.25, -0.2) is 0 Å². The molecule has 0 bridgehead atoms. The third-order valence-corrected chi connectivity index (χ3v) is 3.71. The molecule has 1 aromatic heterocycles. The van der Waals surface area contributed by atoms with Gasteiger partial charge in [0.05, 0.1) is 13.0 Å². The SMILES string of the molecule is Cc1cccc(-c2noc(CNC(=O)Cc3ccc(Cl)cc3)n2)c1. The van der Waals surface area contributed by atoms with Crippen molar-refractivity contribution in [2.75, 3.05) is 0 Å². The molecule has 24 heavy (non-hydrogen) atoms. The molecule has 2 aromatic carbocycles. The molecule has 1 heterocycles. The first-order valence-electron chi connectivity index (χ1n) is 7.51. The zero-order valence-electron chi connectivity index (χ0n) is 13.1. The molecule has 0 saturated carbocycles. The molecule has 0 saturated heterocycles. The molecule has 0 aliphatic carbocycles. The van der Waals surface area contributed by atoms with Crippen LogP contribution in [0.4, 0.5) is 0 Å². The number of hydrogen-bond acceptors (Lipinski definition) is 4. The smallest absolute Gasteiger partial charge is 0.246 e. The Morgan fingerprint density at radius 1 is 1.21 bits per heavy atom. The fourth-order valence-electron chi connectivity index (χ4n) is 2.25. The molecular formula is C18H16ClN3O2. The zero-order chi connectivity index (χ0) is 16.9. The average Bonchev–Trinajstić information content (AvgIpc) is 3.04. The van der Waals surface area contributed by atoms with Crippen LogP contribution >= 0.6 is 11.6 Å². The van der Waals surface area contributed by atoms with E-state index in [-0.39, 0.29) is 18.9 Å². The van der Waals surface area contributed by atoms with Crippen LogP contribution in [0.2, 0.25) is 5.02 Å². The number of nitrogens with zero attached hydrogens (tertiary/aromatic N) is 2. The Labute approximate surface area is 144 Å². The lowest BCUT2D eigenvalue weighted by molar-refractivity contribution is -0.120. The Hall–Kier alpha value is -2.66. The van der Waals surface area contributed by atoms with E-state index in [1.807, 2.05) is 43.3 Å². The molecule has 1 N–H and O–H groups in total. The van der Waals surface area contributed by atoms with E-state index in [1.165, 1.54) is 0 Å². The summed E-state index contributed by atoms with van der Waals surface area (Å²) in [5.41, 5.74) is 2.90. The van der Waals surface area contributed by atoms with Gasteiger partial charge in [0.25, 0.3) is 0 Å². The van der Waals surface area contributed by atoms with Crippen LogP contribution in [0.15, 0.2) is 53.1 Å². The summed E-state index contributed by atoms with van der Waals surface area (Å²) < 4.78 is 5.18. The molecule has 3 rings (SSSR count). The lowest BCUT2D eigenvalue weighted by Gasteiger charge is -2.02. The normalized spacial score (nSPS) is 10.6. The lowest BCUT2D eigenvalue weighted by Crippen LogP contribution is -2.24. The van der Waals surface area contributed by atoms with E-state index in [0.29, 0.717) is 16.7 Å². The van der Waals surface area contributed by atoms with Crippen molar-refractivity contribution in [3.05, 3.63) is 70.6 Å². The summed E-state index contributed by atoms with van der Waals surface area (Å²) in [7, 11) is 0. The van der Waals surface area contributed by atoms with Gasteiger partial charge in [-0.3, -0.25) is 4.79 Å². The number of benzene rings is 2. The van der Waals surface area contributed by atoms with Crippen molar-refractivity contribution in [2.45, 2.75) is 19.9 Å². The number of halogens is 1. The van der Waals surface area contributed by atoms with Gasteiger partial charge in [-0.05, 0) is 30.7 Å². The summed E-state index contributed by atoms with van der Waals surface area (Å²) in [6, 6.07) is 15.0. The second kappa shape index (κ2) is 7.27. The second-order valence-electron chi connectivity index (χ2n) is 5.46. The molecule has 0 atom stereocenters. The van der Waals surface area contributed by atoms with Crippen LogP contribution in [-0.4, -0.2) is 16.0 Å². The maximum atomic E-state index is 12.0. The van der Waals surface area contributed by atoms with E-state index in [4.69, 9.17) is 16.1 Å². The van der Waals surface area contributed by atoms with E-state index < -0.39 is 0 Å². The van der Waals surface area contributed by atoms with Crippen LogP contribution in [0.5, 0.6) is 0 Å². The van der Waals surface area contributed by atoms with Crippen molar-refractivity contribution >= 4 is 17.5 Å². The molecule has 122 valence electrons. The maximum Gasteiger partial charge on any atom is 0.246 e. The highest BCUT2D eigenvalue weighted by Gasteiger charge is 2.10. The van der Waals surface area contributed by atoms with E-state index in [1.54, 1.807) is 12.1 Å². The fraction of sp³-hybridized carbons (Fsp3) is 0.167. The van der Waals surface area contributed by atoms with Gasteiger partial charge in [-0.1, -0.05) is 52.7 Å². The fourth-order valence-corrected chi connectivity index (χ4v) is 2.38. The molecule has 0 aliphatic heterocycles. The second-order valence-corrected chi connectivity index (χ2v) is 5.90. The third-order valence-electron chi connectivity index (χ3n) is 3.46. The van der Waals surface area contributed by atoms with Crippen molar-refractivity contribution in [3.63, 3.8) is 0 Å². The monoisotopic (exact) mass is 341 g/mol. The van der Waals surface area contributed by atoms with Crippen LogP contribution in [0.25, 0.3) is 11.4 Å². The van der Waals surface area contributed by atoms with Crippen LogP contribution in [0.3, 0.4) is 0 Å². The van der Waals surface area contributed by atoms with Crippen molar-refractivity contribution in [1.29, 1.82) is 0 Å². The average molecular weight is 342 g/mol. The van der Waals surface area contributed by atoms with Gasteiger partial charge in [-0.2, -0.15) is 4.98 Å². The first kappa shape index (κ1) is 16.2. The van der Waals surface area contributed by atoms with Crippen molar-refractivity contribution in [2.24, 2.45) is 0 Å². The molecule has 6 heteroatoms. The summed E-state index contributed by atoms with van der Waals surface area (Å²) in [6.07, 6.45) is 0.274.